The number of hydrogen-bond acceptors (Lipinski definition) is 3. The smallest absolute Gasteiger partial charge is 0.233 e. The molecule has 18 heavy (non-hydrogen) atoms. The third kappa shape index (κ3) is 5.80. The van der Waals surface area contributed by atoms with Crippen LogP contribution in [0.2, 0.25) is 0 Å². The third-order valence-corrected chi connectivity index (χ3v) is 2.64. The molecular weight excluding hydrogens is 228 g/mol. The molecule has 0 saturated carbocycles. The van der Waals surface area contributed by atoms with Crippen LogP contribution in [0.25, 0.3) is 0 Å². The largest absolute Gasteiger partial charge is 0.388 e. The number of benzene rings is 1. The second-order valence-corrected chi connectivity index (χ2v) is 4.24. The van der Waals surface area contributed by atoms with Gasteiger partial charge in [-0.15, -0.1) is 0 Å². The van der Waals surface area contributed by atoms with Gasteiger partial charge in [0.2, 0.25) is 5.91 Å². The topological polar surface area (TPSA) is 61.4 Å². The quantitative estimate of drug-likeness (QED) is 0.608. The van der Waals surface area contributed by atoms with Crippen molar-refractivity contribution in [1.82, 2.24) is 10.6 Å². The van der Waals surface area contributed by atoms with E-state index >= 15 is 0 Å². The van der Waals surface area contributed by atoms with Gasteiger partial charge >= 0.3 is 0 Å². The zero-order valence-electron chi connectivity index (χ0n) is 10.9. The first-order valence-electron chi connectivity index (χ1n) is 6.44. The predicted molar refractivity (Wildman–Crippen MR) is 72.2 cm³/mol. The van der Waals surface area contributed by atoms with Gasteiger partial charge in [-0.1, -0.05) is 37.3 Å². The van der Waals surface area contributed by atoms with E-state index in [0.717, 1.165) is 12.0 Å². The molecule has 1 rings (SSSR count). The highest BCUT2D eigenvalue weighted by molar-refractivity contribution is 5.77. The van der Waals surface area contributed by atoms with E-state index < -0.39 is 6.10 Å². The molecule has 0 unspecified atom stereocenters. The van der Waals surface area contributed by atoms with E-state index in [0.29, 0.717) is 26.1 Å². The van der Waals surface area contributed by atoms with Crippen molar-refractivity contribution in [3.05, 3.63) is 35.9 Å². The van der Waals surface area contributed by atoms with Crippen LogP contribution in [-0.4, -0.2) is 30.6 Å². The Morgan fingerprint density at radius 1 is 1.28 bits per heavy atom. The first kappa shape index (κ1) is 14.7. The lowest BCUT2D eigenvalue weighted by atomic mass is 10.1. The van der Waals surface area contributed by atoms with Crippen molar-refractivity contribution in [1.29, 1.82) is 0 Å². The number of hydrogen-bond donors (Lipinski definition) is 3. The Hall–Kier alpha value is -1.39. The molecule has 1 atom stereocenters. The number of aliphatic hydroxyl groups is 1. The van der Waals surface area contributed by atoms with E-state index in [9.17, 15) is 9.90 Å². The van der Waals surface area contributed by atoms with Crippen molar-refractivity contribution >= 4 is 5.91 Å². The fourth-order valence-electron chi connectivity index (χ4n) is 1.61. The van der Waals surface area contributed by atoms with Gasteiger partial charge in [-0.05, 0) is 24.9 Å². The third-order valence-electron chi connectivity index (χ3n) is 2.64. The van der Waals surface area contributed by atoms with Crippen LogP contribution in [0.5, 0.6) is 0 Å². The van der Waals surface area contributed by atoms with Crippen LogP contribution in [0.4, 0.5) is 0 Å². The SMILES string of the molecule is CCCNC(=O)CNCC[C@@H](O)c1ccccc1. The molecule has 0 fully saturated rings. The van der Waals surface area contributed by atoms with E-state index in [1.807, 2.05) is 37.3 Å². The maximum absolute atomic E-state index is 11.3. The first-order chi connectivity index (χ1) is 8.74. The molecule has 0 heterocycles. The van der Waals surface area contributed by atoms with E-state index in [1.165, 1.54) is 0 Å². The molecule has 1 aromatic carbocycles. The monoisotopic (exact) mass is 250 g/mol. The van der Waals surface area contributed by atoms with Crippen LogP contribution in [-0.2, 0) is 4.79 Å². The second-order valence-electron chi connectivity index (χ2n) is 4.24. The van der Waals surface area contributed by atoms with Gasteiger partial charge in [0.05, 0.1) is 12.6 Å². The molecule has 0 saturated heterocycles. The van der Waals surface area contributed by atoms with Gasteiger partial charge in [0.15, 0.2) is 0 Å². The Labute approximate surface area is 108 Å². The minimum Gasteiger partial charge on any atom is -0.388 e. The van der Waals surface area contributed by atoms with Crippen molar-refractivity contribution in [3.8, 4) is 0 Å². The summed E-state index contributed by atoms with van der Waals surface area (Å²) in [7, 11) is 0. The predicted octanol–water partition coefficient (Wildman–Crippen LogP) is 1.23. The lowest BCUT2D eigenvalue weighted by Crippen LogP contribution is -2.34. The summed E-state index contributed by atoms with van der Waals surface area (Å²) in [5.41, 5.74) is 0.912. The van der Waals surface area contributed by atoms with Gasteiger partial charge in [0.25, 0.3) is 0 Å². The number of rotatable bonds is 8. The van der Waals surface area contributed by atoms with Gasteiger partial charge in [0, 0.05) is 6.54 Å². The molecule has 0 aliphatic rings. The Morgan fingerprint density at radius 3 is 2.67 bits per heavy atom. The summed E-state index contributed by atoms with van der Waals surface area (Å²) in [5.74, 6) is 0.00560. The molecule has 0 aliphatic carbocycles. The van der Waals surface area contributed by atoms with Crippen LogP contribution in [0.3, 0.4) is 0 Å². The van der Waals surface area contributed by atoms with E-state index in [-0.39, 0.29) is 5.91 Å². The zero-order chi connectivity index (χ0) is 13.2. The Balaban J connectivity index is 2.13. The van der Waals surface area contributed by atoms with Crippen molar-refractivity contribution in [2.24, 2.45) is 0 Å². The summed E-state index contributed by atoms with van der Waals surface area (Å²) in [6.45, 7) is 3.66. The maximum atomic E-state index is 11.3. The second kappa shape index (κ2) is 8.66. The standard InChI is InChI=1S/C14H22N2O2/c1-2-9-16-14(18)11-15-10-8-13(17)12-6-4-3-5-7-12/h3-7,13,15,17H,2,8-11H2,1H3,(H,16,18)/t13-/m1/s1. The van der Waals surface area contributed by atoms with Crippen LogP contribution in [0, 0.1) is 0 Å². The minimum atomic E-state index is -0.475. The number of nitrogens with one attached hydrogen (secondary N) is 2. The molecule has 0 spiro atoms. The molecule has 0 aliphatic heterocycles. The van der Waals surface area contributed by atoms with Crippen molar-refractivity contribution < 1.29 is 9.90 Å². The van der Waals surface area contributed by atoms with Crippen LogP contribution in [0.1, 0.15) is 31.4 Å². The average Bonchev–Trinajstić information content (AvgIpc) is 2.42. The summed E-state index contributed by atoms with van der Waals surface area (Å²) in [6, 6.07) is 9.54. The zero-order valence-corrected chi connectivity index (χ0v) is 10.9. The van der Waals surface area contributed by atoms with Crippen LogP contribution >= 0.6 is 0 Å². The van der Waals surface area contributed by atoms with Crippen molar-refractivity contribution in [3.63, 3.8) is 0 Å². The normalized spacial score (nSPS) is 12.1. The lowest BCUT2D eigenvalue weighted by Gasteiger charge is -2.11. The molecule has 4 nitrogen and oxygen atoms in total. The molecule has 0 bridgehead atoms. The summed E-state index contributed by atoms with van der Waals surface area (Å²) >= 11 is 0. The lowest BCUT2D eigenvalue weighted by molar-refractivity contribution is -0.120. The highest BCUT2D eigenvalue weighted by Gasteiger charge is 2.06. The molecule has 100 valence electrons. The molecule has 0 radical (unpaired) electrons. The van der Waals surface area contributed by atoms with Gasteiger partial charge in [-0.2, -0.15) is 0 Å². The molecular formula is C14H22N2O2. The van der Waals surface area contributed by atoms with Gasteiger partial charge in [-0.3, -0.25) is 4.79 Å². The molecule has 1 amide bonds. The fourth-order valence-corrected chi connectivity index (χ4v) is 1.61. The first-order valence-corrected chi connectivity index (χ1v) is 6.44. The van der Waals surface area contributed by atoms with E-state index in [1.54, 1.807) is 0 Å². The average molecular weight is 250 g/mol. The summed E-state index contributed by atoms with van der Waals surface area (Å²) in [4.78, 5) is 11.3. The summed E-state index contributed by atoms with van der Waals surface area (Å²) in [5, 5.41) is 15.7. The van der Waals surface area contributed by atoms with E-state index in [4.69, 9.17) is 0 Å². The van der Waals surface area contributed by atoms with Gasteiger partial charge < -0.3 is 15.7 Å². The van der Waals surface area contributed by atoms with Crippen LogP contribution in [0.15, 0.2) is 30.3 Å². The van der Waals surface area contributed by atoms with Gasteiger partial charge in [-0.25, -0.2) is 0 Å². The minimum absolute atomic E-state index is 0.00560. The highest BCUT2D eigenvalue weighted by Crippen LogP contribution is 2.14. The Kier molecular flexibility index (Phi) is 7.06. The number of carbonyl (C=O) groups excluding carboxylic acids is 1. The molecule has 4 heteroatoms. The van der Waals surface area contributed by atoms with E-state index in [2.05, 4.69) is 10.6 Å². The fraction of sp³-hybridized carbons (Fsp3) is 0.500. The Morgan fingerprint density at radius 2 is 2.00 bits per heavy atom. The number of amides is 1. The molecule has 0 aromatic heterocycles. The maximum Gasteiger partial charge on any atom is 0.233 e. The van der Waals surface area contributed by atoms with Crippen molar-refractivity contribution in [2.45, 2.75) is 25.9 Å². The summed E-state index contributed by atoms with van der Waals surface area (Å²) in [6.07, 6.45) is 1.07. The summed E-state index contributed by atoms with van der Waals surface area (Å²) < 4.78 is 0. The van der Waals surface area contributed by atoms with Gasteiger partial charge in [0.1, 0.15) is 0 Å². The Bertz CT molecular complexity index is 341. The molecule has 3 N–H and O–H groups in total. The highest BCUT2D eigenvalue weighted by atomic mass is 16.3. The molecule has 1 aromatic rings. The van der Waals surface area contributed by atoms with Crippen molar-refractivity contribution in [2.75, 3.05) is 19.6 Å². The number of carbonyl (C=O) groups is 1. The number of aliphatic hydroxyl groups excluding tert-OH is 1. The van der Waals surface area contributed by atoms with Crippen LogP contribution < -0.4 is 10.6 Å².